The number of hydrogen-bond donors (Lipinski definition) is 12. The number of carbonyl (C=O) groups is 3. The fourth-order valence-corrected chi connectivity index (χ4v) is 16.3. The molecule has 23 heteroatoms. The molecule has 23 nitrogen and oxygen atoms in total. The fourth-order valence-electron chi connectivity index (χ4n) is 16.3. The van der Waals surface area contributed by atoms with Crippen LogP contribution in [0.25, 0.3) is 0 Å². The molecule has 3 aliphatic heterocycles. The summed E-state index contributed by atoms with van der Waals surface area (Å²) >= 11 is 0. The molecule has 5 aliphatic carbocycles. The molecular weight excluding hydrogens is 1030 g/mol. The molecule has 0 aromatic rings. The van der Waals surface area contributed by atoms with Crippen molar-refractivity contribution in [1.82, 2.24) is 0 Å². The van der Waals surface area contributed by atoms with Gasteiger partial charge in [-0.25, -0.2) is 9.59 Å². The number of esters is 2. The number of rotatable bonds is 13. The van der Waals surface area contributed by atoms with Crippen LogP contribution in [0.4, 0.5) is 0 Å². The zero-order valence-corrected chi connectivity index (χ0v) is 46.3. The molecule has 444 valence electrons. The van der Waals surface area contributed by atoms with Gasteiger partial charge in [-0.3, -0.25) is 4.79 Å². The molecule has 78 heavy (non-hydrogen) atoms. The van der Waals surface area contributed by atoms with Gasteiger partial charge in [-0.15, -0.1) is 0 Å². The highest BCUT2D eigenvalue weighted by Crippen LogP contribution is 2.76. The second kappa shape index (κ2) is 22.1. The van der Waals surface area contributed by atoms with E-state index in [-0.39, 0.29) is 11.8 Å². The maximum Gasteiger partial charge on any atom is 0.335 e. The van der Waals surface area contributed by atoms with Crippen molar-refractivity contribution < 1.29 is 114 Å². The molecule has 0 spiro atoms. The summed E-state index contributed by atoms with van der Waals surface area (Å²) in [5.41, 5.74) is -4.43. The highest BCUT2D eigenvalue weighted by atomic mass is 16.8. The van der Waals surface area contributed by atoms with Gasteiger partial charge in [0.1, 0.15) is 67.1 Å². The molecular formula is C55H86O23. The molecule has 4 saturated carbocycles. The molecule has 26 atom stereocenters. The minimum atomic E-state index is -2.12. The van der Waals surface area contributed by atoms with E-state index in [0.717, 1.165) is 5.57 Å². The number of aliphatic hydroxyl groups is 11. The van der Waals surface area contributed by atoms with E-state index in [1.54, 1.807) is 13.0 Å². The summed E-state index contributed by atoms with van der Waals surface area (Å²) in [6, 6.07) is 0. The fraction of sp³-hybridized carbons (Fsp3) is 0.873. The number of allylic oxidation sites excluding steroid dienone is 2. The van der Waals surface area contributed by atoms with Crippen LogP contribution in [0.1, 0.15) is 114 Å². The van der Waals surface area contributed by atoms with Crippen LogP contribution in [-0.4, -0.2) is 216 Å². The SMILES string of the molecule is C/C=C(/CC)C(=O)O[C@H]1[C@H](OC(C)=O)[C@]2(CO)[C@H](O)[C@H](O)[C@]3(C)C(=CC[C@@H]4[C@@]5(C)CC[C@H](O[C@@H]6O[C@H](C(=O)O)[C@@H](O)[C@H](O[C@@H]7OC[C@H](O)[C@H](O)[C@H]7O)[C@H]6O[C@@H]6O[C@H](CO)[C@@H](O)[C@H](O)[C@H]6O)C(C)(C)[C@@H]5CC[C@]43C)[C@@H]2CC1(C)C. The lowest BCUT2D eigenvalue weighted by Crippen LogP contribution is -2.76. The second-order valence-corrected chi connectivity index (χ2v) is 25.5. The van der Waals surface area contributed by atoms with Crippen molar-refractivity contribution in [2.45, 2.75) is 231 Å². The van der Waals surface area contributed by atoms with Crippen molar-refractivity contribution in [2.75, 3.05) is 19.8 Å². The molecule has 3 saturated heterocycles. The lowest BCUT2D eigenvalue weighted by Gasteiger charge is -2.73. The van der Waals surface area contributed by atoms with Gasteiger partial charge in [-0.2, -0.15) is 0 Å². The van der Waals surface area contributed by atoms with Crippen LogP contribution in [-0.2, 0) is 52.3 Å². The first-order valence-corrected chi connectivity index (χ1v) is 27.6. The van der Waals surface area contributed by atoms with Crippen molar-refractivity contribution in [3.8, 4) is 0 Å². The minimum Gasteiger partial charge on any atom is -0.479 e. The number of ether oxygens (including phenoxy) is 8. The molecule has 0 unspecified atom stereocenters. The smallest absolute Gasteiger partial charge is 0.335 e. The van der Waals surface area contributed by atoms with E-state index in [2.05, 4.69) is 19.9 Å². The highest BCUT2D eigenvalue weighted by Gasteiger charge is 2.76. The Hall–Kier alpha value is -2.79. The van der Waals surface area contributed by atoms with E-state index >= 15 is 0 Å². The van der Waals surface area contributed by atoms with Gasteiger partial charge >= 0.3 is 17.9 Å². The van der Waals surface area contributed by atoms with Gasteiger partial charge in [-0.1, -0.05) is 73.1 Å². The van der Waals surface area contributed by atoms with E-state index in [0.29, 0.717) is 50.5 Å². The Bertz CT molecular complexity index is 2270. The Morgan fingerprint density at radius 2 is 1.38 bits per heavy atom. The van der Waals surface area contributed by atoms with Crippen LogP contribution in [0, 0.1) is 50.2 Å². The van der Waals surface area contributed by atoms with Crippen LogP contribution < -0.4 is 0 Å². The van der Waals surface area contributed by atoms with E-state index in [1.165, 1.54) is 6.92 Å². The Labute approximate surface area is 454 Å². The van der Waals surface area contributed by atoms with Crippen molar-refractivity contribution in [2.24, 2.45) is 50.2 Å². The van der Waals surface area contributed by atoms with Crippen LogP contribution in [0.15, 0.2) is 23.3 Å². The molecule has 7 fully saturated rings. The summed E-state index contributed by atoms with van der Waals surface area (Å²) in [5.74, 6) is -3.91. The quantitative estimate of drug-likeness (QED) is 0.0488. The lowest BCUT2D eigenvalue weighted by atomic mass is 9.32. The third-order valence-electron chi connectivity index (χ3n) is 20.9. The topological polar surface area (TPSA) is 368 Å². The van der Waals surface area contributed by atoms with E-state index < -0.39 is 193 Å². The molecule has 0 bridgehead atoms. The van der Waals surface area contributed by atoms with Gasteiger partial charge in [0.25, 0.3) is 0 Å². The normalized spacial score (nSPS) is 49.9. The number of aliphatic hydroxyl groups excluding tert-OH is 11. The second-order valence-electron chi connectivity index (χ2n) is 25.5. The summed E-state index contributed by atoms with van der Waals surface area (Å²) < 4.78 is 48.6. The molecule has 3 heterocycles. The summed E-state index contributed by atoms with van der Waals surface area (Å²) in [4.78, 5) is 39.6. The summed E-state index contributed by atoms with van der Waals surface area (Å²) in [6.07, 6.45) is -25.3. The molecule has 0 aromatic heterocycles. The predicted octanol–water partition coefficient (Wildman–Crippen LogP) is -0.293. The molecule has 8 rings (SSSR count). The number of aliphatic carboxylic acids is 1. The monoisotopic (exact) mass is 1110 g/mol. The van der Waals surface area contributed by atoms with E-state index in [4.69, 9.17) is 37.9 Å². The molecule has 8 aliphatic rings. The highest BCUT2D eigenvalue weighted by molar-refractivity contribution is 5.88. The van der Waals surface area contributed by atoms with Gasteiger partial charge in [0.2, 0.25) is 0 Å². The van der Waals surface area contributed by atoms with Crippen molar-refractivity contribution >= 4 is 17.9 Å². The Kier molecular flexibility index (Phi) is 17.3. The minimum absolute atomic E-state index is 0.141. The van der Waals surface area contributed by atoms with Crippen LogP contribution in [0.3, 0.4) is 0 Å². The van der Waals surface area contributed by atoms with Gasteiger partial charge < -0.3 is 99.2 Å². The average Bonchev–Trinajstić information content (AvgIpc) is 1.31. The first-order chi connectivity index (χ1) is 36.4. The lowest BCUT2D eigenvalue weighted by molar-refractivity contribution is -0.392. The van der Waals surface area contributed by atoms with Crippen molar-refractivity contribution in [3.63, 3.8) is 0 Å². The predicted molar refractivity (Wildman–Crippen MR) is 268 cm³/mol. The number of carbonyl (C=O) groups excluding carboxylic acids is 2. The third kappa shape index (κ3) is 9.52. The summed E-state index contributed by atoms with van der Waals surface area (Å²) in [7, 11) is 0. The molecule has 0 aromatic carbocycles. The number of carboxylic acid groups (broad SMARTS) is 1. The Balaban J connectivity index is 1.13. The van der Waals surface area contributed by atoms with Crippen molar-refractivity contribution in [1.29, 1.82) is 0 Å². The maximum atomic E-state index is 13.6. The number of fused-ring (bicyclic) bond motifs is 7. The third-order valence-corrected chi connectivity index (χ3v) is 20.9. The Morgan fingerprint density at radius 3 is 1.99 bits per heavy atom. The van der Waals surface area contributed by atoms with Crippen LogP contribution in [0.2, 0.25) is 0 Å². The van der Waals surface area contributed by atoms with Gasteiger partial charge in [0, 0.05) is 23.3 Å². The summed E-state index contributed by atoms with van der Waals surface area (Å²) in [5, 5.41) is 134. The van der Waals surface area contributed by atoms with Crippen LogP contribution in [0.5, 0.6) is 0 Å². The first kappa shape index (κ1) is 61.3. The van der Waals surface area contributed by atoms with Gasteiger partial charge in [0.05, 0.1) is 43.5 Å². The summed E-state index contributed by atoms with van der Waals surface area (Å²) in [6.45, 7) is 16.9. The van der Waals surface area contributed by atoms with Crippen LogP contribution >= 0.6 is 0 Å². The first-order valence-electron chi connectivity index (χ1n) is 27.6. The van der Waals surface area contributed by atoms with Gasteiger partial charge in [0.15, 0.2) is 31.1 Å². The molecule has 0 radical (unpaired) electrons. The van der Waals surface area contributed by atoms with E-state index in [9.17, 15) is 75.7 Å². The van der Waals surface area contributed by atoms with Crippen molar-refractivity contribution in [3.05, 3.63) is 23.3 Å². The zero-order valence-electron chi connectivity index (χ0n) is 46.3. The molecule has 12 N–H and O–H groups in total. The maximum absolute atomic E-state index is 13.6. The zero-order chi connectivity index (χ0) is 57.7. The number of carboxylic acids is 1. The number of hydrogen-bond acceptors (Lipinski definition) is 22. The molecule has 0 amide bonds. The average molecular weight is 1120 g/mol. The van der Waals surface area contributed by atoms with E-state index in [1.807, 2.05) is 41.5 Å². The largest absolute Gasteiger partial charge is 0.479 e. The standard InChI is InChI=1S/C55H86O23/c1-11-24(12-2)46(70)78-43-44(72-23(3)58)55(22-57)26(19-50(43,4)5)25-13-14-30-52(8)17-16-31(51(6,7)29(52)15-18-53(30,9)54(25,10)41(66)42(55)67)74-49-40(77-48-36(64)34(62)33(61)28(20-56)73-48)38(37(65)39(76-49)45(68)69)75-47-35(63)32(60)27(59)21-71-47/h11,13,26-44,47-49,56-57,59-67H,12,14-22H2,1-10H3,(H,68,69)/b24-11-/t26-,27-,28+,29-,30+,31-,32-,33+,34-,35+,36+,37-,38-,39-,40+,41-,42+,43-,44-,47-,48-,49+,52-,53+,54-,55-/m0/s1. The Morgan fingerprint density at radius 1 is 0.731 bits per heavy atom. The van der Waals surface area contributed by atoms with Gasteiger partial charge in [-0.05, 0) is 85.9 Å².